The number of esters is 1. The number of carbonyl (C=O) groups is 2. The van der Waals surface area contributed by atoms with Crippen molar-refractivity contribution in [3.05, 3.63) is 36.5 Å². The molecule has 0 spiro atoms. The number of ether oxygens (including phenoxy) is 1. The second-order valence-corrected chi connectivity index (χ2v) is 19.3. The van der Waals surface area contributed by atoms with Crippen LogP contribution in [-0.2, 0) is 14.3 Å². The molecule has 0 bridgehead atoms. The van der Waals surface area contributed by atoms with E-state index in [-0.39, 0.29) is 18.5 Å². The molecule has 6 nitrogen and oxygen atoms in total. The number of nitrogens with one attached hydrogen (secondary N) is 1. The first-order chi connectivity index (χ1) is 31.5. The summed E-state index contributed by atoms with van der Waals surface area (Å²) >= 11 is 0. The van der Waals surface area contributed by atoms with Crippen LogP contribution in [0, 0.1) is 0 Å². The molecule has 0 radical (unpaired) electrons. The fourth-order valence-electron chi connectivity index (χ4n) is 8.55. The highest BCUT2D eigenvalue weighted by Crippen LogP contribution is 2.16. The molecule has 0 saturated carbocycles. The van der Waals surface area contributed by atoms with Crippen molar-refractivity contribution < 1.29 is 24.5 Å². The van der Waals surface area contributed by atoms with Crippen LogP contribution < -0.4 is 5.32 Å². The zero-order valence-electron chi connectivity index (χ0n) is 42.8. The van der Waals surface area contributed by atoms with Crippen molar-refractivity contribution in [3.63, 3.8) is 0 Å². The lowest BCUT2D eigenvalue weighted by Crippen LogP contribution is -2.45. The first kappa shape index (κ1) is 62.1. The van der Waals surface area contributed by atoms with Gasteiger partial charge in [0.05, 0.1) is 25.4 Å². The number of carbonyl (C=O) groups excluding carboxylic acids is 2. The molecular formula is C58H109NO5. The molecular weight excluding hydrogens is 791 g/mol. The van der Waals surface area contributed by atoms with E-state index in [2.05, 4.69) is 55.6 Å². The Bertz CT molecular complexity index is 1040. The third kappa shape index (κ3) is 49.5. The maximum Gasteiger partial charge on any atom is 0.305 e. The molecule has 2 atom stereocenters. The molecule has 1 amide bonds. The van der Waals surface area contributed by atoms with Crippen LogP contribution in [0.15, 0.2) is 36.5 Å². The molecule has 0 aliphatic heterocycles. The van der Waals surface area contributed by atoms with Gasteiger partial charge in [-0.15, -0.1) is 0 Å². The summed E-state index contributed by atoms with van der Waals surface area (Å²) in [5.74, 6) is -0.0680. The van der Waals surface area contributed by atoms with Crippen LogP contribution in [0.2, 0.25) is 0 Å². The first-order valence-electron chi connectivity index (χ1n) is 28.2. The Morgan fingerprint density at radius 2 is 0.781 bits per heavy atom. The van der Waals surface area contributed by atoms with Crippen LogP contribution in [-0.4, -0.2) is 47.4 Å². The molecule has 0 aromatic heterocycles. The summed E-state index contributed by atoms with van der Waals surface area (Å²) in [7, 11) is 0. The van der Waals surface area contributed by atoms with E-state index >= 15 is 0 Å². The van der Waals surface area contributed by atoms with Crippen LogP contribution in [0.3, 0.4) is 0 Å². The third-order valence-corrected chi connectivity index (χ3v) is 12.9. The van der Waals surface area contributed by atoms with Gasteiger partial charge in [-0.1, -0.05) is 237 Å². The van der Waals surface area contributed by atoms with E-state index in [0.29, 0.717) is 25.9 Å². The van der Waals surface area contributed by atoms with Crippen LogP contribution in [0.5, 0.6) is 0 Å². The quantitative estimate of drug-likeness (QED) is 0.0321. The maximum absolute atomic E-state index is 12.5. The standard InChI is InChI=1S/C58H109NO5/c1-3-5-7-9-11-13-15-17-19-20-24-28-32-36-40-44-48-52-58(63)64-53-49-45-41-37-33-29-25-21-23-27-31-35-39-43-47-51-57(62)59-55(54-60)56(61)50-46-42-38-34-30-26-22-18-16-14-12-10-8-6-4-2/h11,13,17,19,25,29,55-56,60-61H,3-10,12,14-16,18,20-24,26-28,30-54H2,1-2H3,(H,59,62)/b13-11-,19-17-,29-25-. The van der Waals surface area contributed by atoms with Crippen molar-refractivity contribution in [1.82, 2.24) is 5.32 Å². The Hall–Kier alpha value is -1.92. The Morgan fingerprint density at radius 1 is 0.438 bits per heavy atom. The Morgan fingerprint density at radius 3 is 1.23 bits per heavy atom. The van der Waals surface area contributed by atoms with Gasteiger partial charge in [-0.25, -0.2) is 0 Å². The Balaban J connectivity index is 3.47. The van der Waals surface area contributed by atoms with Crippen molar-refractivity contribution in [3.8, 4) is 0 Å². The lowest BCUT2D eigenvalue weighted by Gasteiger charge is -2.22. The minimum absolute atomic E-state index is 0.0179. The van der Waals surface area contributed by atoms with Crippen molar-refractivity contribution in [1.29, 1.82) is 0 Å². The normalized spacial score (nSPS) is 12.9. The molecule has 3 N–H and O–H groups in total. The van der Waals surface area contributed by atoms with E-state index in [1.807, 2.05) is 0 Å². The van der Waals surface area contributed by atoms with E-state index in [9.17, 15) is 19.8 Å². The van der Waals surface area contributed by atoms with Crippen LogP contribution >= 0.6 is 0 Å². The molecule has 64 heavy (non-hydrogen) atoms. The van der Waals surface area contributed by atoms with Crippen molar-refractivity contribution in [2.75, 3.05) is 13.2 Å². The fraction of sp³-hybridized carbons (Fsp3) is 0.862. The lowest BCUT2D eigenvalue weighted by atomic mass is 10.0. The molecule has 0 rings (SSSR count). The average molecular weight is 901 g/mol. The highest BCUT2D eigenvalue weighted by molar-refractivity contribution is 5.76. The first-order valence-corrected chi connectivity index (χ1v) is 28.2. The molecule has 2 unspecified atom stereocenters. The molecule has 376 valence electrons. The van der Waals surface area contributed by atoms with Crippen LogP contribution in [0.25, 0.3) is 0 Å². The maximum atomic E-state index is 12.5. The van der Waals surface area contributed by atoms with Crippen LogP contribution in [0.1, 0.15) is 296 Å². The molecule has 0 aliphatic carbocycles. The SMILES string of the molecule is CCCCC/C=C\C/C=C\CCCCCCCCCC(=O)OCCCCCC/C=C\CCCCCCCCCC(=O)NC(CO)C(O)CCCCCCCCCCCCCCCCC. The lowest BCUT2D eigenvalue weighted by molar-refractivity contribution is -0.143. The van der Waals surface area contributed by atoms with Gasteiger partial charge in [0.25, 0.3) is 0 Å². The van der Waals surface area contributed by atoms with E-state index in [1.165, 1.54) is 186 Å². The summed E-state index contributed by atoms with van der Waals surface area (Å²) < 4.78 is 5.46. The highest BCUT2D eigenvalue weighted by atomic mass is 16.5. The summed E-state index contributed by atoms with van der Waals surface area (Å²) in [4.78, 5) is 24.5. The summed E-state index contributed by atoms with van der Waals surface area (Å²) in [5, 5.41) is 23.2. The number of aliphatic hydroxyl groups is 2. The van der Waals surface area contributed by atoms with Gasteiger partial charge in [-0.2, -0.15) is 0 Å². The molecule has 0 aromatic carbocycles. The van der Waals surface area contributed by atoms with Crippen molar-refractivity contribution in [2.45, 2.75) is 309 Å². The topological polar surface area (TPSA) is 95.9 Å². The molecule has 0 saturated heterocycles. The minimum atomic E-state index is -0.675. The van der Waals surface area contributed by atoms with Gasteiger partial charge in [0.15, 0.2) is 0 Å². The fourth-order valence-corrected chi connectivity index (χ4v) is 8.55. The largest absolute Gasteiger partial charge is 0.466 e. The number of rotatable bonds is 52. The summed E-state index contributed by atoms with van der Waals surface area (Å²) in [6.07, 6.45) is 65.5. The number of amides is 1. The van der Waals surface area contributed by atoms with E-state index in [1.54, 1.807) is 0 Å². The molecule has 6 heteroatoms. The van der Waals surface area contributed by atoms with E-state index < -0.39 is 12.1 Å². The summed E-state index contributed by atoms with van der Waals surface area (Å²) in [6.45, 7) is 4.89. The number of hydrogen-bond acceptors (Lipinski definition) is 5. The van der Waals surface area contributed by atoms with Gasteiger partial charge < -0.3 is 20.3 Å². The van der Waals surface area contributed by atoms with E-state index in [0.717, 1.165) is 77.0 Å². The zero-order valence-corrected chi connectivity index (χ0v) is 42.8. The molecule has 0 fully saturated rings. The number of aliphatic hydroxyl groups excluding tert-OH is 2. The van der Waals surface area contributed by atoms with Crippen molar-refractivity contribution >= 4 is 11.9 Å². The summed E-state index contributed by atoms with van der Waals surface area (Å²) in [5.41, 5.74) is 0. The van der Waals surface area contributed by atoms with Gasteiger partial charge >= 0.3 is 5.97 Å². The zero-order chi connectivity index (χ0) is 46.5. The smallest absolute Gasteiger partial charge is 0.305 e. The predicted octanol–water partition coefficient (Wildman–Crippen LogP) is 17.2. The number of unbranched alkanes of at least 4 members (excludes halogenated alkanes) is 35. The average Bonchev–Trinajstić information content (AvgIpc) is 3.29. The number of allylic oxidation sites excluding steroid dienone is 6. The Labute approximate surface area is 398 Å². The monoisotopic (exact) mass is 900 g/mol. The van der Waals surface area contributed by atoms with Crippen molar-refractivity contribution in [2.24, 2.45) is 0 Å². The second-order valence-electron chi connectivity index (χ2n) is 19.3. The summed E-state index contributed by atoms with van der Waals surface area (Å²) in [6, 6.07) is -0.553. The molecule has 0 aliphatic rings. The third-order valence-electron chi connectivity index (χ3n) is 12.9. The minimum Gasteiger partial charge on any atom is -0.466 e. The second kappa shape index (κ2) is 53.7. The highest BCUT2D eigenvalue weighted by Gasteiger charge is 2.20. The number of hydrogen-bond donors (Lipinski definition) is 3. The predicted molar refractivity (Wildman–Crippen MR) is 278 cm³/mol. The van der Waals surface area contributed by atoms with Gasteiger partial charge in [0, 0.05) is 12.8 Å². The molecule has 0 aromatic rings. The van der Waals surface area contributed by atoms with Gasteiger partial charge in [0.2, 0.25) is 5.91 Å². The van der Waals surface area contributed by atoms with E-state index in [4.69, 9.17) is 4.74 Å². The molecule has 0 heterocycles. The Kier molecular flexibility index (Phi) is 52.1. The van der Waals surface area contributed by atoms with Crippen LogP contribution in [0.4, 0.5) is 0 Å². The van der Waals surface area contributed by atoms with Gasteiger partial charge in [-0.3, -0.25) is 9.59 Å². The van der Waals surface area contributed by atoms with Gasteiger partial charge in [-0.05, 0) is 83.5 Å². The van der Waals surface area contributed by atoms with Gasteiger partial charge in [0.1, 0.15) is 0 Å².